The van der Waals surface area contributed by atoms with E-state index in [1.807, 2.05) is 62.3 Å². The Kier molecular flexibility index (Phi) is 6.84. The van der Waals surface area contributed by atoms with Crippen molar-refractivity contribution in [1.82, 2.24) is 10.2 Å². The highest BCUT2D eigenvalue weighted by Gasteiger charge is 2.24. The minimum absolute atomic E-state index is 0.0462. The van der Waals surface area contributed by atoms with Gasteiger partial charge in [0.05, 0.1) is 6.04 Å². The molecule has 0 radical (unpaired) electrons. The molecule has 7 heteroatoms. The standard InChI is InChI=1S/C23H28N4O3/c1-16-11-12-18(14-19(16)27-13-7-10-21(27)28)25-23(30)22(29)24-15-20(26(2)3)17-8-5-4-6-9-17/h4-6,8-9,11-12,14,20H,7,10,13,15H2,1-3H3,(H,24,29)(H,25,30). The van der Waals surface area contributed by atoms with Crippen LogP contribution in [-0.2, 0) is 14.4 Å². The summed E-state index contributed by atoms with van der Waals surface area (Å²) in [6.07, 6.45) is 1.36. The van der Waals surface area contributed by atoms with Crippen molar-refractivity contribution < 1.29 is 14.4 Å². The highest BCUT2D eigenvalue weighted by molar-refractivity contribution is 6.39. The molecule has 1 atom stereocenters. The lowest BCUT2D eigenvalue weighted by atomic mass is 10.1. The minimum Gasteiger partial charge on any atom is -0.346 e. The molecule has 7 nitrogen and oxygen atoms in total. The number of aryl methyl sites for hydroxylation is 1. The van der Waals surface area contributed by atoms with E-state index in [0.29, 0.717) is 25.2 Å². The van der Waals surface area contributed by atoms with Crippen LogP contribution in [0.3, 0.4) is 0 Å². The monoisotopic (exact) mass is 408 g/mol. The summed E-state index contributed by atoms with van der Waals surface area (Å²) in [7, 11) is 3.86. The van der Waals surface area contributed by atoms with Gasteiger partial charge in [-0.1, -0.05) is 36.4 Å². The Morgan fingerprint density at radius 2 is 1.83 bits per heavy atom. The molecular weight excluding hydrogens is 380 g/mol. The van der Waals surface area contributed by atoms with E-state index < -0.39 is 11.8 Å². The molecule has 1 fully saturated rings. The van der Waals surface area contributed by atoms with Gasteiger partial charge in [-0.25, -0.2) is 0 Å². The van der Waals surface area contributed by atoms with Gasteiger partial charge in [0.25, 0.3) is 0 Å². The quantitative estimate of drug-likeness (QED) is 0.720. The third-order valence-corrected chi connectivity index (χ3v) is 5.30. The molecule has 0 bridgehead atoms. The van der Waals surface area contributed by atoms with E-state index in [9.17, 15) is 14.4 Å². The van der Waals surface area contributed by atoms with Crippen molar-refractivity contribution in [3.05, 3.63) is 59.7 Å². The van der Waals surface area contributed by atoms with E-state index in [1.54, 1.807) is 17.0 Å². The third-order valence-electron chi connectivity index (χ3n) is 5.30. The topological polar surface area (TPSA) is 81.8 Å². The zero-order valence-electron chi connectivity index (χ0n) is 17.6. The third kappa shape index (κ3) is 5.04. The fourth-order valence-corrected chi connectivity index (χ4v) is 3.61. The summed E-state index contributed by atoms with van der Waals surface area (Å²) in [6.45, 7) is 2.90. The number of hydrogen-bond donors (Lipinski definition) is 2. The van der Waals surface area contributed by atoms with E-state index >= 15 is 0 Å². The average molecular weight is 409 g/mol. The van der Waals surface area contributed by atoms with Crippen molar-refractivity contribution in [2.45, 2.75) is 25.8 Å². The summed E-state index contributed by atoms with van der Waals surface area (Å²) >= 11 is 0. The van der Waals surface area contributed by atoms with Crippen LogP contribution >= 0.6 is 0 Å². The number of likely N-dealkylation sites (N-methyl/N-ethyl adjacent to an activating group) is 1. The molecule has 158 valence electrons. The molecule has 3 amide bonds. The van der Waals surface area contributed by atoms with Crippen LogP contribution in [0.2, 0.25) is 0 Å². The van der Waals surface area contributed by atoms with Crippen molar-refractivity contribution >= 4 is 29.1 Å². The second kappa shape index (κ2) is 9.54. The van der Waals surface area contributed by atoms with Gasteiger partial charge in [0.2, 0.25) is 5.91 Å². The number of carbonyl (C=O) groups excluding carboxylic acids is 3. The Morgan fingerprint density at radius 3 is 2.47 bits per heavy atom. The van der Waals surface area contributed by atoms with Crippen LogP contribution in [0, 0.1) is 6.92 Å². The van der Waals surface area contributed by atoms with Crippen LogP contribution < -0.4 is 15.5 Å². The van der Waals surface area contributed by atoms with Crippen molar-refractivity contribution in [3.8, 4) is 0 Å². The second-order valence-electron chi connectivity index (χ2n) is 7.70. The second-order valence-corrected chi connectivity index (χ2v) is 7.70. The lowest BCUT2D eigenvalue weighted by Gasteiger charge is -2.25. The fourth-order valence-electron chi connectivity index (χ4n) is 3.61. The Bertz CT molecular complexity index is 927. The lowest BCUT2D eigenvalue weighted by Crippen LogP contribution is -2.40. The predicted molar refractivity (Wildman–Crippen MR) is 117 cm³/mol. The number of anilines is 2. The smallest absolute Gasteiger partial charge is 0.313 e. The number of nitrogens with zero attached hydrogens (tertiary/aromatic N) is 2. The molecule has 0 spiro atoms. The molecule has 2 aromatic carbocycles. The van der Waals surface area contributed by atoms with Gasteiger partial charge < -0.3 is 20.4 Å². The van der Waals surface area contributed by atoms with Gasteiger partial charge in [0.15, 0.2) is 0 Å². The van der Waals surface area contributed by atoms with E-state index in [2.05, 4.69) is 10.6 Å². The molecule has 0 aliphatic carbocycles. The molecule has 2 N–H and O–H groups in total. The maximum Gasteiger partial charge on any atom is 0.313 e. The Morgan fingerprint density at radius 1 is 1.10 bits per heavy atom. The predicted octanol–water partition coefficient (Wildman–Crippen LogP) is 2.48. The van der Waals surface area contributed by atoms with E-state index in [-0.39, 0.29) is 11.9 Å². The number of nitrogens with one attached hydrogen (secondary N) is 2. The van der Waals surface area contributed by atoms with E-state index in [0.717, 1.165) is 23.2 Å². The summed E-state index contributed by atoms with van der Waals surface area (Å²) < 4.78 is 0. The normalized spacial score (nSPS) is 14.7. The van der Waals surface area contributed by atoms with Crippen molar-refractivity contribution in [3.63, 3.8) is 0 Å². The van der Waals surface area contributed by atoms with Crippen molar-refractivity contribution in [2.24, 2.45) is 0 Å². The summed E-state index contributed by atoms with van der Waals surface area (Å²) in [5.74, 6) is -1.35. The molecule has 1 saturated heterocycles. The maximum atomic E-state index is 12.4. The first kappa shape index (κ1) is 21.5. The van der Waals surface area contributed by atoms with Gasteiger partial charge in [0.1, 0.15) is 0 Å². The molecular formula is C23H28N4O3. The average Bonchev–Trinajstić information content (AvgIpc) is 3.15. The van der Waals surface area contributed by atoms with Gasteiger partial charge in [-0.15, -0.1) is 0 Å². The molecule has 0 aromatic heterocycles. The van der Waals surface area contributed by atoms with Gasteiger partial charge in [0, 0.05) is 30.9 Å². The number of hydrogen-bond acceptors (Lipinski definition) is 4. The number of benzene rings is 2. The van der Waals surface area contributed by atoms with E-state index in [4.69, 9.17) is 0 Å². The zero-order chi connectivity index (χ0) is 21.7. The lowest BCUT2D eigenvalue weighted by molar-refractivity contribution is -0.136. The fraction of sp³-hybridized carbons (Fsp3) is 0.348. The van der Waals surface area contributed by atoms with Gasteiger partial charge in [-0.2, -0.15) is 0 Å². The molecule has 3 rings (SSSR count). The molecule has 1 unspecified atom stereocenters. The Balaban J connectivity index is 1.63. The summed E-state index contributed by atoms with van der Waals surface area (Å²) in [5, 5.41) is 5.35. The molecule has 1 heterocycles. The Labute approximate surface area is 177 Å². The largest absolute Gasteiger partial charge is 0.346 e. The molecule has 1 aliphatic rings. The summed E-state index contributed by atoms with van der Waals surface area (Å²) in [5.41, 5.74) is 3.26. The van der Waals surface area contributed by atoms with Crippen LogP contribution in [0.4, 0.5) is 11.4 Å². The number of amides is 3. The highest BCUT2D eigenvalue weighted by Crippen LogP contribution is 2.28. The van der Waals surface area contributed by atoms with Crippen molar-refractivity contribution in [1.29, 1.82) is 0 Å². The highest BCUT2D eigenvalue weighted by atomic mass is 16.2. The first-order valence-electron chi connectivity index (χ1n) is 10.1. The molecule has 1 aliphatic heterocycles. The maximum absolute atomic E-state index is 12.4. The number of rotatable bonds is 6. The first-order valence-corrected chi connectivity index (χ1v) is 10.1. The van der Waals surface area contributed by atoms with Gasteiger partial charge in [-0.3, -0.25) is 14.4 Å². The zero-order valence-corrected chi connectivity index (χ0v) is 17.6. The molecule has 2 aromatic rings. The molecule has 0 saturated carbocycles. The minimum atomic E-state index is -0.733. The number of carbonyl (C=O) groups is 3. The van der Waals surface area contributed by atoms with E-state index in [1.165, 1.54) is 0 Å². The van der Waals surface area contributed by atoms with Gasteiger partial charge >= 0.3 is 11.8 Å². The van der Waals surface area contributed by atoms with Crippen LogP contribution in [0.25, 0.3) is 0 Å². The van der Waals surface area contributed by atoms with Crippen LogP contribution in [0.15, 0.2) is 48.5 Å². The summed E-state index contributed by atoms with van der Waals surface area (Å²) in [4.78, 5) is 40.5. The van der Waals surface area contributed by atoms with Crippen LogP contribution in [-0.4, -0.2) is 49.8 Å². The molecule has 30 heavy (non-hydrogen) atoms. The summed E-state index contributed by atoms with van der Waals surface area (Å²) in [6, 6.07) is 15.1. The first-order chi connectivity index (χ1) is 14.4. The van der Waals surface area contributed by atoms with Gasteiger partial charge in [-0.05, 0) is 50.7 Å². The van der Waals surface area contributed by atoms with Crippen LogP contribution in [0.1, 0.15) is 30.0 Å². The Hall–Kier alpha value is -3.19. The SMILES string of the molecule is Cc1ccc(NC(=O)C(=O)NCC(c2ccccc2)N(C)C)cc1N1CCCC1=O. The van der Waals surface area contributed by atoms with Crippen molar-refractivity contribution in [2.75, 3.05) is 37.4 Å². The van der Waals surface area contributed by atoms with Crippen LogP contribution in [0.5, 0.6) is 0 Å².